The van der Waals surface area contributed by atoms with E-state index in [9.17, 15) is 9.59 Å². The fourth-order valence-electron chi connectivity index (χ4n) is 3.19. The molecule has 2 aliphatic carbocycles. The Kier molecular flexibility index (Phi) is 6.01. The first-order chi connectivity index (χ1) is 13.5. The van der Waals surface area contributed by atoms with E-state index in [1.165, 1.54) is 0 Å². The third-order valence-electron chi connectivity index (χ3n) is 5.34. The van der Waals surface area contributed by atoms with E-state index < -0.39 is 23.4 Å². The fraction of sp³-hybridized carbons (Fsp3) is 0.429. The van der Waals surface area contributed by atoms with Gasteiger partial charge in [-0.15, -0.1) is 0 Å². The molecule has 2 amide bonds. The average Bonchev–Trinajstić information content (AvgIpc) is 3.46. The highest BCUT2D eigenvalue weighted by Crippen LogP contribution is 2.36. The molecule has 0 spiro atoms. The van der Waals surface area contributed by atoms with Crippen LogP contribution in [0, 0.1) is 35.5 Å². The van der Waals surface area contributed by atoms with E-state index in [0.717, 1.165) is 12.8 Å². The smallest absolute Gasteiger partial charge is 0.267 e. The summed E-state index contributed by atoms with van der Waals surface area (Å²) in [5, 5.41) is 20.5. The molecule has 0 aliphatic heterocycles. The van der Waals surface area contributed by atoms with Crippen LogP contribution < -0.4 is 16.5 Å². The molecule has 0 saturated heterocycles. The van der Waals surface area contributed by atoms with Gasteiger partial charge < -0.3 is 16.2 Å². The molecule has 28 heavy (non-hydrogen) atoms. The Labute approximate surface area is 163 Å². The first kappa shape index (κ1) is 19.9. The van der Waals surface area contributed by atoms with Crippen LogP contribution >= 0.6 is 0 Å². The van der Waals surface area contributed by atoms with E-state index in [1.807, 2.05) is 0 Å². The molecule has 2 saturated carbocycles. The number of carbonyl (C=O) groups is 2. The van der Waals surface area contributed by atoms with E-state index >= 15 is 0 Å². The molecule has 2 aliphatic rings. The van der Waals surface area contributed by atoms with Crippen molar-refractivity contribution in [3.8, 4) is 23.7 Å². The summed E-state index contributed by atoms with van der Waals surface area (Å²) in [4.78, 5) is 24.4. The summed E-state index contributed by atoms with van der Waals surface area (Å²) in [7, 11) is 0. The van der Waals surface area contributed by atoms with Crippen LogP contribution in [0.4, 0.5) is 0 Å². The molecule has 146 valence electrons. The minimum atomic E-state index is -1.00. The highest BCUT2D eigenvalue weighted by molar-refractivity contribution is 5.98. The largest absolute Gasteiger partial charge is 0.396 e. The maximum Gasteiger partial charge on any atom is 0.267 e. The Hall–Kier alpha value is -2.84. The first-order valence-electron chi connectivity index (χ1n) is 9.23. The van der Waals surface area contributed by atoms with Crippen LogP contribution in [0.5, 0.6) is 0 Å². The maximum atomic E-state index is 12.5. The topological polar surface area (TPSA) is 125 Å². The molecule has 7 heteroatoms. The number of hydrogen-bond acceptors (Lipinski definition) is 5. The van der Waals surface area contributed by atoms with Crippen molar-refractivity contribution >= 4 is 11.8 Å². The van der Waals surface area contributed by atoms with Crippen molar-refractivity contribution in [2.24, 2.45) is 17.6 Å². The van der Waals surface area contributed by atoms with E-state index in [1.54, 1.807) is 29.7 Å². The molecule has 3 atom stereocenters. The molecular formula is C21H23N3O4. The minimum Gasteiger partial charge on any atom is -0.396 e. The minimum absolute atomic E-state index is 0.169. The van der Waals surface area contributed by atoms with Gasteiger partial charge in [-0.25, -0.2) is 5.48 Å². The lowest BCUT2D eigenvalue weighted by Gasteiger charge is -2.43. The number of nitrogens with two attached hydrogens (primary N) is 1. The highest BCUT2D eigenvalue weighted by atomic mass is 16.5. The summed E-state index contributed by atoms with van der Waals surface area (Å²) >= 11 is 0. The van der Waals surface area contributed by atoms with Crippen molar-refractivity contribution in [3.63, 3.8) is 0 Å². The highest BCUT2D eigenvalue weighted by Gasteiger charge is 2.45. The van der Waals surface area contributed by atoms with Gasteiger partial charge in [0, 0.05) is 29.2 Å². The molecule has 1 aromatic carbocycles. The van der Waals surface area contributed by atoms with Gasteiger partial charge in [-0.05, 0) is 67.7 Å². The zero-order chi connectivity index (χ0) is 20.1. The predicted octanol–water partition coefficient (Wildman–Crippen LogP) is 0.155. The van der Waals surface area contributed by atoms with Gasteiger partial charge in [0.1, 0.15) is 6.04 Å². The van der Waals surface area contributed by atoms with Crippen molar-refractivity contribution < 1.29 is 19.9 Å². The number of carbonyl (C=O) groups excluding carboxylic acids is 2. The average molecular weight is 381 g/mol. The number of amides is 2. The molecule has 6 N–H and O–H groups in total. The Morgan fingerprint density at radius 3 is 2.50 bits per heavy atom. The maximum absolute atomic E-state index is 12.5. The lowest BCUT2D eigenvalue weighted by atomic mass is 9.72. The molecule has 2 fully saturated rings. The number of hydroxylamine groups is 1. The van der Waals surface area contributed by atoms with Crippen molar-refractivity contribution in [2.45, 2.75) is 37.3 Å². The van der Waals surface area contributed by atoms with E-state index in [0.29, 0.717) is 24.0 Å². The van der Waals surface area contributed by atoms with Crippen molar-refractivity contribution in [1.29, 1.82) is 0 Å². The number of nitrogens with one attached hydrogen (secondary N) is 2. The number of benzene rings is 1. The van der Waals surface area contributed by atoms with Gasteiger partial charge >= 0.3 is 0 Å². The lowest BCUT2D eigenvalue weighted by Crippen LogP contribution is -2.67. The van der Waals surface area contributed by atoms with Crippen molar-refractivity contribution in [3.05, 3.63) is 35.4 Å². The van der Waals surface area contributed by atoms with Crippen LogP contribution in [-0.2, 0) is 4.79 Å². The van der Waals surface area contributed by atoms with Crippen LogP contribution in [-0.4, -0.2) is 40.3 Å². The Bertz CT molecular complexity index is 869. The summed E-state index contributed by atoms with van der Waals surface area (Å²) in [6.45, 7) is 0.169. The van der Waals surface area contributed by atoms with Crippen molar-refractivity contribution in [2.75, 3.05) is 6.61 Å². The molecule has 3 rings (SSSR count). The van der Waals surface area contributed by atoms with E-state index in [-0.39, 0.29) is 18.4 Å². The quantitative estimate of drug-likeness (QED) is 0.282. The van der Waals surface area contributed by atoms with E-state index in [2.05, 4.69) is 29.0 Å². The number of aliphatic hydroxyl groups is 1. The molecule has 0 radical (unpaired) electrons. The Morgan fingerprint density at radius 1 is 1.25 bits per heavy atom. The second-order valence-electron chi connectivity index (χ2n) is 7.35. The SMILES string of the molecule is NC1([C@H](NC(=O)c2ccc(C#CC#CC3C[C@@H]3CO)cc2)C(=O)NO)CCC1. The molecule has 0 heterocycles. The predicted molar refractivity (Wildman–Crippen MR) is 102 cm³/mol. The molecule has 0 aromatic heterocycles. The second kappa shape index (κ2) is 8.45. The van der Waals surface area contributed by atoms with Gasteiger partial charge in [0.2, 0.25) is 0 Å². The first-order valence-corrected chi connectivity index (χ1v) is 9.23. The summed E-state index contributed by atoms with van der Waals surface area (Å²) in [6.07, 6.45) is 3.00. The number of hydrogen-bond donors (Lipinski definition) is 5. The zero-order valence-electron chi connectivity index (χ0n) is 15.4. The van der Waals surface area contributed by atoms with Gasteiger partial charge in [-0.2, -0.15) is 0 Å². The van der Waals surface area contributed by atoms with Crippen LogP contribution in [0.2, 0.25) is 0 Å². The number of aliphatic hydroxyl groups excluding tert-OH is 1. The van der Waals surface area contributed by atoms with Gasteiger partial charge in [0.25, 0.3) is 11.8 Å². The molecular weight excluding hydrogens is 358 g/mol. The summed E-state index contributed by atoms with van der Waals surface area (Å²) in [5.41, 5.74) is 7.95. The Morgan fingerprint density at radius 2 is 1.96 bits per heavy atom. The zero-order valence-corrected chi connectivity index (χ0v) is 15.4. The standard InChI is InChI=1S/C21H23N3O4/c22-21(10-3-11-21)18(20(27)24-28)23-19(26)15-8-6-14(7-9-15)4-1-2-5-16-12-17(16)13-25/h6-9,16-18,25,28H,3,10-13,22H2,(H,23,26)(H,24,27)/t16?,17-,18-/m1/s1. The van der Waals surface area contributed by atoms with Gasteiger partial charge in [-0.3, -0.25) is 14.8 Å². The summed E-state index contributed by atoms with van der Waals surface area (Å²) in [5.74, 6) is 10.8. The van der Waals surface area contributed by atoms with Crippen LogP contribution in [0.3, 0.4) is 0 Å². The molecule has 0 bridgehead atoms. The number of rotatable bonds is 5. The second-order valence-corrected chi connectivity index (χ2v) is 7.35. The van der Waals surface area contributed by atoms with Crippen molar-refractivity contribution in [1.82, 2.24) is 10.8 Å². The third kappa shape index (κ3) is 4.52. The van der Waals surface area contributed by atoms with Gasteiger partial charge in [0.05, 0.1) is 0 Å². The van der Waals surface area contributed by atoms with Crippen LogP contribution in [0.1, 0.15) is 41.6 Å². The monoisotopic (exact) mass is 381 g/mol. The summed E-state index contributed by atoms with van der Waals surface area (Å²) in [6, 6.07) is 5.60. The van der Waals surface area contributed by atoms with Gasteiger partial charge in [0.15, 0.2) is 0 Å². The third-order valence-corrected chi connectivity index (χ3v) is 5.34. The van der Waals surface area contributed by atoms with Gasteiger partial charge in [-0.1, -0.05) is 11.8 Å². The Balaban J connectivity index is 1.61. The van der Waals surface area contributed by atoms with E-state index in [4.69, 9.17) is 16.0 Å². The van der Waals surface area contributed by atoms with Crippen LogP contribution in [0.15, 0.2) is 24.3 Å². The summed E-state index contributed by atoms with van der Waals surface area (Å²) < 4.78 is 0. The fourth-order valence-corrected chi connectivity index (χ4v) is 3.19. The molecule has 1 unspecified atom stereocenters. The lowest BCUT2D eigenvalue weighted by molar-refractivity contribution is -0.134. The van der Waals surface area contributed by atoms with Crippen LogP contribution in [0.25, 0.3) is 0 Å². The molecule has 7 nitrogen and oxygen atoms in total. The molecule has 1 aromatic rings. The normalized spacial score (nSPS) is 22.2.